The fraction of sp³-hybridized carbons (Fsp3) is 0.333. The standard InChI is InChI=1S/C3H5O3/c1-3(5)6-2-4/h4H,1-2H2. The summed E-state index contributed by atoms with van der Waals surface area (Å²) in [6.07, 6.45) is 0. The van der Waals surface area contributed by atoms with Gasteiger partial charge in [-0.05, 0) is 0 Å². The summed E-state index contributed by atoms with van der Waals surface area (Å²) in [5.74, 6) is -0.711. The van der Waals surface area contributed by atoms with Crippen LogP contribution in [-0.4, -0.2) is 17.9 Å². The van der Waals surface area contributed by atoms with Gasteiger partial charge >= 0.3 is 5.97 Å². The minimum Gasteiger partial charge on any atom is -0.439 e. The van der Waals surface area contributed by atoms with Crippen molar-refractivity contribution in [3.63, 3.8) is 0 Å². The van der Waals surface area contributed by atoms with Crippen LogP contribution in [0.3, 0.4) is 0 Å². The van der Waals surface area contributed by atoms with Crippen molar-refractivity contribution >= 4 is 5.97 Å². The number of esters is 1. The summed E-state index contributed by atoms with van der Waals surface area (Å²) in [5, 5.41) is 7.75. The van der Waals surface area contributed by atoms with E-state index in [2.05, 4.69) is 11.7 Å². The molecule has 6 heavy (non-hydrogen) atoms. The predicted octanol–water partition coefficient (Wildman–Crippen LogP) is -0.687. The molecular weight excluding hydrogens is 84.0 g/mol. The summed E-state index contributed by atoms with van der Waals surface area (Å²) in [4.78, 5) is 9.55. The molecule has 0 heterocycles. The topological polar surface area (TPSA) is 46.5 Å². The van der Waals surface area contributed by atoms with E-state index in [1.807, 2.05) is 0 Å². The third kappa shape index (κ3) is 3.43. The molecule has 3 heteroatoms. The Hall–Kier alpha value is -0.570. The van der Waals surface area contributed by atoms with Crippen LogP contribution in [0.25, 0.3) is 0 Å². The second kappa shape index (κ2) is 2.66. The molecule has 0 rings (SSSR count). The number of ether oxygens (including phenoxy) is 1. The molecule has 0 fully saturated rings. The van der Waals surface area contributed by atoms with Crippen molar-refractivity contribution in [3.8, 4) is 0 Å². The molecule has 3 nitrogen and oxygen atoms in total. The van der Waals surface area contributed by atoms with Crippen molar-refractivity contribution in [2.75, 3.05) is 6.79 Å². The van der Waals surface area contributed by atoms with Gasteiger partial charge < -0.3 is 9.84 Å². The number of carbonyl (C=O) groups is 1. The Morgan fingerprint density at radius 2 is 2.50 bits per heavy atom. The lowest BCUT2D eigenvalue weighted by atomic mass is 10.8. The van der Waals surface area contributed by atoms with Crippen LogP contribution in [0.1, 0.15) is 0 Å². The van der Waals surface area contributed by atoms with E-state index in [4.69, 9.17) is 5.11 Å². The van der Waals surface area contributed by atoms with E-state index in [1.54, 1.807) is 0 Å². The van der Waals surface area contributed by atoms with Crippen LogP contribution in [0.4, 0.5) is 0 Å². The van der Waals surface area contributed by atoms with Crippen molar-refractivity contribution in [1.29, 1.82) is 0 Å². The molecule has 0 aromatic carbocycles. The van der Waals surface area contributed by atoms with Crippen molar-refractivity contribution in [3.05, 3.63) is 6.92 Å². The van der Waals surface area contributed by atoms with E-state index < -0.39 is 12.8 Å². The number of hydrogen-bond donors (Lipinski definition) is 1. The first-order valence-electron chi connectivity index (χ1n) is 1.37. The Morgan fingerprint density at radius 1 is 2.00 bits per heavy atom. The predicted molar refractivity (Wildman–Crippen MR) is 18.5 cm³/mol. The molecule has 1 radical (unpaired) electrons. The van der Waals surface area contributed by atoms with Gasteiger partial charge in [0, 0.05) is 0 Å². The average molecular weight is 89.1 g/mol. The third-order valence-electron chi connectivity index (χ3n) is 0.226. The van der Waals surface area contributed by atoms with E-state index >= 15 is 0 Å². The highest BCUT2D eigenvalue weighted by Gasteiger charge is 1.83. The first-order valence-corrected chi connectivity index (χ1v) is 1.37. The second-order valence-corrected chi connectivity index (χ2v) is 0.645. The number of carbonyl (C=O) groups excluding carboxylic acids is 1. The van der Waals surface area contributed by atoms with Gasteiger partial charge in [0.05, 0.1) is 6.92 Å². The Labute approximate surface area is 35.5 Å². The SMILES string of the molecule is [CH2]C(=O)OCO. The molecule has 0 aliphatic heterocycles. The van der Waals surface area contributed by atoms with E-state index in [0.29, 0.717) is 0 Å². The van der Waals surface area contributed by atoms with E-state index in [9.17, 15) is 4.79 Å². The van der Waals surface area contributed by atoms with Gasteiger partial charge in [-0.25, -0.2) is 0 Å². The minimum atomic E-state index is -0.711. The smallest absolute Gasteiger partial charge is 0.308 e. The van der Waals surface area contributed by atoms with Gasteiger partial charge in [0.25, 0.3) is 0 Å². The number of aliphatic hydroxyl groups is 1. The molecule has 0 aromatic rings. The molecule has 0 amide bonds. The summed E-state index contributed by atoms with van der Waals surface area (Å²) < 4.78 is 3.85. The van der Waals surface area contributed by atoms with Gasteiger partial charge in [0.15, 0.2) is 6.79 Å². The van der Waals surface area contributed by atoms with E-state index in [1.165, 1.54) is 0 Å². The maximum absolute atomic E-state index is 9.55. The molecule has 0 atom stereocenters. The van der Waals surface area contributed by atoms with Crippen LogP contribution in [0.2, 0.25) is 0 Å². The summed E-state index contributed by atoms with van der Waals surface area (Å²) in [7, 11) is 0. The lowest BCUT2D eigenvalue weighted by molar-refractivity contribution is -0.145. The van der Waals surface area contributed by atoms with Crippen molar-refractivity contribution in [1.82, 2.24) is 0 Å². The molecule has 0 unspecified atom stereocenters. The second-order valence-electron chi connectivity index (χ2n) is 0.645. The molecule has 0 bridgehead atoms. The molecular formula is C3H5O3. The van der Waals surface area contributed by atoms with Crippen LogP contribution in [0, 0.1) is 6.92 Å². The van der Waals surface area contributed by atoms with Gasteiger partial charge in [-0.15, -0.1) is 0 Å². The van der Waals surface area contributed by atoms with Gasteiger partial charge in [0.1, 0.15) is 0 Å². The van der Waals surface area contributed by atoms with Crippen LogP contribution in [-0.2, 0) is 9.53 Å². The Kier molecular flexibility index (Phi) is 2.40. The van der Waals surface area contributed by atoms with Crippen LogP contribution in [0.5, 0.6) is 0 Å². The van der Waals surface area contributed by atoms with Gasteiger partial charge in [-0.3, -0.25) is 4.79 Å². The largest absolute Gasteiger partial charge is 0.439 e. The highest BCUT2D eigenvalue weighted by molar-refractivity contribution is 5.73. The van der Waals surface area contributed by atoms with E-state index in [0.717, 1.165) is 0 Å². The molecule has 0 aromatic heterocycles. The highest BCUT2D eigenvalue weighted by Crippen LogP contribution is 1.66. The lowest BCUT2D eigenvalue weighted by Crippen LogP contribution is -1.98. The van der Waals surface area contributed by atoms with E-state index in [-0.39, 0.29) is 0 Å². The Bertz CT molecular complexity index is 50.0. The normalized spacial score (nSPS) is 7.67. The maximum atomic E-state index is 9.55. The zero-order valence-corrected chi connectivity index (χ0v) is 3.18. The fourth-order valence-electron chi connectivity index (χ4n) is 0.0720. The number of rotatable bonds is 1. The van der Waals surface area contributed by atoms with Crippen molar-refractivity contribution in [2.45, 2.75) is 0 Å². The quantitative estimate of drug-likeness (QED) is 0.342. The van der Waals surface area contributed by atoms with Crippen molar-refractivity contribution in [2.24, 2.45) is 0 Å². The molecule has 1 N–H and O–H groups in total. The fourth-order valence-corrected chi connectivity index (χ4v) is 0.0720. The van der Waals surface area contributed by atoms with Gasteiger partial charge in [-0.2, -0.15) is 0 Å². The maximum Gasteiger partial charge on any atom is 0.308 e. The average Bonchev–Trinajstić information content (AvgIpc) is 1.35. The number of hydrogen-bond acceptors (Lipinski definition) is 3. The molecule has 0 saturated carbocycles. The van der Waals surface area contributed by atoms with Crippen LogP contribution >= 0.6 is 0 Å². The first kappa shape index (κ1) is 5.43. The summed E-state index contributed by atoms with van der Waals surface area (Å²) in [6.45, 7) is 2.23. The van der Waals surface area contributed by atoms with Gasteiger partial charge in [-0.1, -0.05) is 0 Å². The Morgan fingerprint density at radius 3 is 2.50 bits per heavy atom. The monoisotopic (exact) mass is 89.0 g/mol. The highest BCUT2D eigenvalue weighted by atomic mass is 16.6. The molecule has 0 spiro atoms. The lowest BCUT2D eigenvalue weighted by Gasteiger charge is -1.88. The summed E-state index contributed by atoms with van der Waals surface area (Å²) in [6, 6.07) is 0. The molecule has 0 saturated heterocycles. The van der Waals surface area contributed by atoms with Crippen molar-refractivity contribution < 1.29 is 14.6 Å². The van der Waals surface area contributed by atoms with Crippen LogP contribution < -0.4 is 0 Å². The Balaban J connectivity index is 2.83. The summed E-state index contributed by atoms with van der Waals surface area (Å²) >= 11 is 0. The zero-order chi connectivity index (χ0) is 4.99. The van der Waals surface area contributed by atoms with Gasteiger partial charge in [0.2, 0.25) is 0 Å². The summed E-state index contributed by atoms with van der Waals surface area (Å²) in [5.41, 5.74) is 0. The minimum absolute atomic E-state index is 0.581. The van der Waals surface area contributed by atoms with Crippen LogP contribution in [0.15, 0.2) is 0 Å². The zero-order valence-electron chi connectivity index (χ0n) is 3.18. The molecule has 0 aliphatic carbocycles. The first-order chi connectivity index (χ1) is 2.77. The number of aliphatic hydroxyl groups excluding tert-OH is 1. The molecule has 0 aliphatic rings. The third-order valence-corrected chi connectivity index (χ3v) is 0.226. The molecule has 35 valence electrons.